The number of nitrogens with two attached hydrogens (primary N) is 4. The Morgan fingerprint density at radius 3 is 2.51 bits per heavy atom. The fourth-order valence-corrected chi connectivity index (χ4v) is 6.53. The highest BCUT2D eigenvalue weighted by Gasteiger charge is 2.22. The highest BCUT2D eigenvalue weighted by molar-refractivity contribution is 7.98. The molecule has 0 radical (unpaired) electrons. The number of rotatable bonds is 16. The lowest BCUT2D eigenvalue weighted by Crippen LogP contribution is -2.47. The number of thiazole rings is 1. The van der Waals surface area contributed by atoms with Gasteiger partial charge in [-0.25, -0.2) is 19.6 Å². The van der Waals surface area contributed by atoms with Crippen LogP contribution in [0.5, 0.6) is 5.75 Å². The maximum absolute atomic E-state index is 12.4. The van der Waals surface area contributed by atoms with Gasteiger partial charge < -0.3 is 37.7 Å². The molecule has 2 heterocycles. The monoisotopic (exact) mass is 746 g/mol. The van der Waals surface area contributed by atoms with E-state index < -0.39 is 24.0 Å². The molecule has 0 spiro atoms. The molecule has 0 saturated heterocycles. The van der Waals surface area contributed by atoms with E-state index in [0.717, 1.165) is 16.3 Å². The first-order chi connectivity index (χ1) is 24.5. The normalized spacial score (nSPS) is 11.8. The minimum atomic E-state index is -0.921. The Bertz CT molecular complexity index is 1950. The van der Waals surface area contributed by atoms with Crippen LogP contribution in [0.3, 0.4) is 0 Å². The van der Waals surface area contributed by atoms with Gasteiger partial charge in [0.15, 0.2) is 5.96 Å². The Hall–Kier alpha value is -5.39. The van der Waals surface area contributed by atoms with Crippen LogP contribution in [0.4, 0.5) is 11.5 Å². The molecule has 0 aliphatic heterocycles. The number of carbonyl (C=O) groups is 2. The van der Waals surface area contributed by atoms with Crippen molar-refractivity contribution >= 4 is 64.0 Å². The van der Waals surface area contributed by atoms with E-state index in [1.54, 1.807) is 24.3 Å². The molecule has 0 unspecified atom stereocenters. The van der Waals surface area contributed by atoms with Crippen LogP contribution in [0, 0.1) is 17.9 Å². The minimum Gasteiger partial charge on any atom is -0.490 e. The quantitative estimate of drug-likeness (QED) is 0.0264. The highest BCUT2D eigenvalue weighted by atomic mass is 35.5. The number of nitrogens with one attached hydrogen (secondary N) is 1. The zero-order valence-electron chi connectivity index (χ0n) is 27.5. The molecule has 14 nitrogen and oxygen atoms in total. The molecule has 4 rings (SSSR count). The van der Waals surface area contributed by atoms with E-state index in [2.05, 4.69) is 26.2 Å². The first-order valence-electron chi connectivity index (χ1n) is 15.5. The second-order valence-electron chi connectivity index (χ2n) is 10.9. The van der Waals surface area contributed by atoms with Gasteiger partial charge in [-0.3, -0.25) is 9.79 Å². The molecule has 264 valence electrons. The number of anilines is 1. The van der Waals surface area contributed by atoms with Gasteiger partial charge in [0, 0.05) is 33.8 Å². The number of nitriles is 1. The molecule has 0 aliphatic rings. The van der Waals surface area contributed by atoms with Crippen molar-refractivity contribution < 1.29 is 19.1 Å². The number of guanidine groups is 1. The van der Waals surface area contributed by atoms with Crippen molar-refractivity contribution in [2.45, 2.75) is 42.6 Å². The Morgan fingerprint density at radius 2 is 1.84 bits per heavy atom. The SMILES string of the molecule is [C-]#[N+]c1c(N)nc(SCc2csc(-c3ccc(Cl)cc3)n2)c(C#N)c1-c1ccc(OCCOC(=O)[C@H](C)NC(=O)[C@@H](N)CCCN=C(N)N)cc1. The van der Waals surface area contributed by atoms with Crippen molar-refractivity contribution in [2.75, 3.05) is 25.5 Å². The van der Waals surface area contributed by atoms with E-state index in [4.69, 9.17) is 55.6 Å². The number of hydrogen-bond acceptors (Lipinski definition) is 12. The summed E-state index contributed by atoms with van der Waals surface area (Å²) in [5.41, 5.74) is 25.6. The summed E-state index contributed by atoms with van der Waals surface area (Å²) in [6, 6.07) is 14.6. The summed E-state index contributed by atoms with van der Waals surface area (Å²) < 4.78 is 10.9. The number of thioether (sulfide) groups is 1. The van der Waals surface area contributed by atoms with Crippen LogP contribution in [0.1, 0.15) is 31.0 Å². The summed E-state index contributed by atoms with van der Waals surface area (Å²) >= 11 is 8.81. The topological polar surface area (TPSA) is 235 Å². The molecule has 2 aromatic carbocycles. The van der Waals surface area contributed by atoms with Crippen molar-refractivity contribution in [3.05, 3.63) is 81.6 Å². The highest BCUT2D eigenvalue weighted by Crippen LogP contribution is 2.42. The lowest BCUT2D eigenvalue weighted by atomic mass is 10.00. The summed E-state index contributed by atoms with van der Waals surface area (Å²) in [7, 11) is 0. The standard InChI is InChI=1S/C34H35ClN10O4S2/c1-19(43-30(46)26(37)4-3-13-42-34(39)40)33(47)49-15-14-48-24-11-7-20(8-12-24)27-25(16-36)32(45-29(38)28(27)41-2)51-18-23-17-50-31(44-23)21-5-9-22(35)10-6-21/h5-12,17,19,26H,3-4,13-15,18,37H2,1H3,(H2,38,45)(H,43,46)(H4,39,40,42)/t19-,26-/m0/s1. The van der Waals surface area contributed by atoms with Gasteiger partial charge in [-0.05, 0) is 49.6 Å². The number of nitrogens with zero attached hydrogens (tertiary/aromatic N) is 5. The maximum atomic E-state index is 12.4. The Balaban J connectivity index is 1.33. The molecule has 51 heavy (non-hydrogen) atoms. The van der Waals surface area contributed by atoms with E-state index in [0.29, 0.717) is 52.1 Å². The van der Waals surface area contributed by atoms with Gasteiger partial charge in [0.05, 0.1) is 23.9 Å². The van der Waals surface area contributed by atoms with E-state index in [1.165, 1.54) is 30.0 Å². The number of ether oxygens (including phenoxy) is 2. The lowest BCUT2D eigenvalue weighted by Gasteiger charge is -2.17. The third kappa shape index (κ3) is 10.8. The number of aromatic nitrogens is 2. The molecule has 0 saturated carbocycles. The average molecular weight is 747 g/mol. The van der Waals surface area contributed by atoms with Crippen LogP contribution in [0.15, 0.2) is 63.9 Å². The lowest BCUT2D eigenvalue weighted by molar-refractivity contribution is -0.148. The molecule has 1 amide bonds. The number of hydrogen-bond donors (Lipinski definition) is 5. The summed E-state index contributed by atoms with van der Waals surface area (Å²) in [5, 5.41) is 16.5. The minimum absolute atomic E-state index is 0.0130. The van der Waals surface area contributed by atoms with Gasteiger partial charge in [0.25, 0.3) is 0 Å². The van der Waals surface area contributed by atoms with Crippen LogP contribution in [-0.4, -0.2) is 59.6 Å². The summed E-state index contributed by atoms with van der Waals surface area (Å²) in [6.07, 6.45) is 0.838. The Morgan fingerprint density at radius 1 is 1.14 bits per heavy atom. The van der Waals surface area contributed by atoms with Crippen molar-refractivity contribution in [2.24, 2.45) is 22.2 Å². The van der Waals surface area contributed by atoms with Gasteiger partial charge in [-0.15, -0.1) is 11.3 Å². The van der Waals surface area contributed by atoms with Gasteiger partial charge in [-0.1, -0.05) is 47.6 Å². The van der Waals surface area contributed by atoms with Crippen molar-refractivity contribution in [3.8, 4) is 33.5 Å². The molecule has 0 aliphatic carbocycles. The van der Waals surface area contributed by atoms with Crippen LogP contribution >= 0.6 is 34.7 Å². The van der Waals surface area contributed by atoms with E-state index in [-0.39, 0.29) is 36.2 Å². The van der Waals surface area contributed by atoms with Gasteiger partial charge in [0.2, 0.25) is 11.6 Å². The van der Waals surface area contributed by atoms with E-state index >= 15 is 0 Å². The number of pyridine rings is 1. The zero-order chi connectivity index (χ0) is 36.9. The molecule has 0 bridgehead atoms. The third-order valence-electron chi connectivity index (χ3n) is 7.14. The molecule has 0 fully saturated rings. The Labute approximate surface area is 308 Å². The second kappa shape index (κ2) is 18.6. The first kappa shape index (κ1) is 38.4. The molecule has 2 atom stereocenters. The number of carbonyl (C=O) groups excluding carboxylic acids is 2. The average Bonchev–Trinajstić information content (AvgIpc) is 3.60. The molecule has 2 aromatic heterocycles. The molecular formula is C34H35ClN10O4S2. The van der Waals surface area contributed by atoms with Gasteiger partial charge in [-0.2, -0.15) is 5.26 Å². The van der Waals surface area contributed by atoms with Crippen LogP contribution in [0.2, 0.25) is 5.02 Å². The summed E-state index contributed by atoms with van der Waals surface area (Å²) in [4.78, 5) is 41.2. The van der Waals surface area contributed by atoms with Gasteiger partial charge >= 0.3 is 5.97 Å². The fraction of sp³-hybridized carbons (Fsp3) is 0.265. The van der Waals surface area contributed by atoms with Crippen LogP contribution < -0.4 is 33.0 Å². The largest absolute Gasteiger partial charge is 0.490 e. The van der Waals surface area contributed by atoms with E-state index in [1.807, 2.05) is 29.6 Å². The summed E-state index contributed by atoms with van der Waals surface area (Å²) in [5.74, 6) is -0.275. The van der Waals surface area contributed by atoms with Crippen LogP contribution in [-0.2, 0) is 20.1 Å². The Kier molecular flexibility index (Phi) is 14.0. The number of nitrogen functional groups attached to an aromatic ring is 1. The predicted octanol–water partition coefficient (Wildman–Crippen LogP) is 4.63. The van der Waals surface area contributed by atoms with Gasteiger partial charge in [0.1, 0.15) is 46.9 Å². The number of benzene rings is 2. The second-order valence-corrected chi connectivity index (χ2v) is 13.1. The predicted molar refractivity (Wildman–Crippen MR) is 199 cm³/mol. The van der Waals surface area contributed by atoms with Crippen LogP contribution in [0.25, 0.3) is 26.5 Å². The molecule has 17 heteroatoms. The number of halogens is 1. The molecule has 9 N–H and O–H groups in total. The number of esters is 1. The number of aliphatic imine (C=N–C) groups is 1. The summed E-state index contributed by atoms with van der Waals surface area (Å²) in [6.45, 7) is 9.53. The maximum Gasteiger partial charge on any atom is 0.328 e. The zero-order valence-corrected chi connectivity index (χ0v) is 29.9. The fourth-order valence-electron chi connectivity index (χ4n) is 4.59. The molecular weight excluding hydrogens is 712 g/mol. The smallest absolute Gasteiger partial charge is 0.328 e. The van der Waals surface area contributed by atoms with Crippen molar-refractivity contribution in [1.82, 2.24) is 15.3 Å². The number of amides is 1. The van der Waals surface area contributed by atoms with Crippen molar-refractivity contribution in [3.63, 3.8) is 0 Å². The van der Waals surface area contributed by atoms with Crippen molar-refractivity contribution in [1.29, 1.82) is 5.26 Å². The first-order valence-corrected chi connectivity index (χ1v) is 17.7. The third-order valence-corrected chi connectivity index (χ3v) is 9.35. The molecule has 4 aromatic rings. The van der Waals surface area contributed by atoms with E-state index in [9.17, 15) is 14.9 Å².